The number of carbonyl (C=O) groups is 1. The van der Waals surface area contributed by atoms with Crippen LogP contribution < -0.4 is 10.1 Å². The number of furan rings is 1. The molecule has 0 spiro atoms. The molecule has 0 unspecified atom stereocenters. The highest BCUT2D eigenvalue weighted by Crippen LogP contribution is 2.22. The Balaban J connectivity index is 1.54. The maximum atomic E-state index is 12.3. The van der Waals surface area contributed by atoms with E-state index in [-0.39, 0.29) is 18.6 Å². The Labute approximate surface area is 154 Å². The van der Waals surface area contributed by atoms with Gasteiger partial charge < -0.3 is 19.2 Å². The molecule has 2 aromatic rings. The van der Waals surface area contributed by atoms with E-state index in [1.54, 1.807) is 6.26 Å². The smallest absolute Gasteiger partial charge is 0.258 e. The van der Waals surface area contributed by atoms with E-state index in [9.17, 15) is 4.79 Å². The predicted octanol–water partition coefficient (Wildman–Crippen LogP) is 2.46. The number of carbonyl (C=O) groups excluding carboxylic acids is 1. The van der Waals surface area contributed by atoms with E-state index in [4.69, 9.17) is 13.9 Å². The maximum Gasteiger partial charge on any atom is 0.258 e. The first-order valence-corrected chi connectivity index (χ1v) is 8.96. The van der Waals surface area contributed by atoms with Crippen molar-refractivity contribution in [2.24, 2.45) is 0 Å². The van der Waals surface area contributed by atoms with Crippen molar-refractivity contribution < 1.29 is 18.7 Å². The molecular weight excluding hydrogens is 332 g/mol. The summed E-state index contributed by atoms with van der Waals surface area (Å²) < 4.78 is 16.7. The van der Waals surface area contributed by atoms with Crippen molar-refractivity contribution in [3.8, 4) is 5.75 Å². The van der Waals surface area contributed by atoms with Crippen LogP contribution in [0.15, 0.2) is 41.0 Å². The van der Waals surface area contributed by atoms with Crippen LogP contribution in [-0.2, 0) is 9.53 Å². The van der Waals surface area contributed by atoms with Gasteiger partial charge in [-0.15, -0.1) is 0 Å². The van der Waals surface area contributed by atoms with E-state index in [2.05, 4.69) is 10.2 Å². The molecule has 6 heteroatoms. The molecule has 1 aromatic heterocycles. The van der Waals surface area contributed by atoms with Crippen LogP contribution in [-0.4, -0.2) is 50.3 Å². The molecule has 0 saturated carbocycles. The van der Waals surface area contributed by atoms with Crippen LogP contribution in [0.3, 0.4) is 0 Å². The molecule has 1 atom stereocenters. The summed E-state index contributed by atoms with van der Waals surface area (Å²) in [5, 5.41) is 2.97. The van der Waals surface area contributed by atoms with Gasteiger partial charge in [-0.2, -0.15) is 0 Å². The minimum Gasteiger partial charge on any atom is -0.483 e. The van der Waals surface area contributed by atoms with E-state index in [0.29, 0.717) is 19.8 Å². The molecule has 0 radical (unpaired) electrons. The van der Waals surface area contributed by atoms with Gasteiger partial charge in [0, 0.05) is 19.6 Å². The second-order valence-electron chi connectivity index (χ2n) is 6.47. The van der Waals surface area contributed by atoms with Crippen LogP contribution in [0.25, 0.3) is 0 Å². The van der Waals surface area contributed by atoms with Crippen molar-refractivity contribution in [2.45, 2.75) is 19.9 Å². The summed E-state index contributed by atoms with van der Waals surface area (Å²) >= 11 is 0. The lowest BCUT2D eigenvalue weighted by molar-refractivity contribution is -0.123. The van der Waals surface area contributed by atoms with E-state index in [0.717, 1.165) is 35.7 Å². The number of amides is 1. The Morgan fingerprint density at radius 3 is 2.77 bits per heavy atom. The minimum atomic E-state index is -0.143. The van der Waals surface area contributed by atoms with Crippen LogP contribution in [0.5, 0.6) is 5.75 Å². The molecule has 1 aromatic carbocycles. The second kappa shape index (κ2) is 8.87. The van der Waals surface area contributed by atoms with Gasteiger partial charge in [-0.1, -0.05) is 12.1 Å². The van der Waals surface area contributed by atoms with Gasteiger partial charge in [0.2, 0.25) is 0 Å². The Kier molecular flexibility index (Phi) is 6.30. The summed E-state index contributed by atoms with van der Waals surface area (Å²) in [7, 11) is 0. The molecule has 0 bridgehead atoms. The monoisotopic (exact) mass is 358 g/mol. The second-order valence-corrected chi connectivity index (χ2v) is 6.47. The largest absolute Gasteiger partial charge is 0.483 e. The van der Waals surface area contributed by atoms with Crippen LogP contribution in [0, 0.1) is 13.8 Å². The summed E-state index contributed by atoms with van der Waals surface area (Å²) in [6, 6.07) is 9.65. The third-order valence-corrected chi connectivity index (χ3v) is 4.76. The minimum absolute atomic E-state index is 0.00134. The molecule has 1 aliphatic rings. The zero-order valence-corrected chi connectivity index (χ0v) is 15.4. The highest BCUT2D eigenvalue weighted by molar-refractivity contribution is 5.77. The fraction of sp³-hybridized carbons (Fsp3) is 0.450. The Morgan fingerprint density at radius 1 is 1.23 bits per heavy atom. The summed E-state index contributed by atoms with van der Waals surface area (Å²) in [6.07, 6.45) is 1.66. The summed E-state index contributed by atoms with van der Waals surface area (Å²) in [6.45, 7) is 7.52. The number of nitrogens with one attached hydrogen (secondary N) is 1. The molecule has 1 fully saturated rings. The van der Waals surface area contributed by atoms with Gasteiger partial charge in [0.15, 0.2) is 6.61 Å². The van der Waals surface area contributed by atoms with E-state index >= 15 is 0 Å². The fourth-order valence-corrected chi connectivity index (χ4v) is 3.07. The zero-order chi connectivity index (χ0) is 18.4. The molecule has 26 heavy (non-hydrogen) atoms. The summed E-state index contributed by atoms with van der Waals surface area (Å²) in [5.74, 6) is 1.45. The Bertz CT molecular complexity index is 709. The lowest BCUT2D eigenvalue weighted by Crippen LogP contribution is -2.44. The Hall–Kier alpha value is -2.31. The lowest BCUT2D eigenvalue weighted by atomic mass is 10.1. The number of nitrogens with zero attached hydrogens (tertiary/aromatic N) is 1. The van der Waals surface area contributed by atoms with Gasteiger partial charge in [0.1, 0.15) is 11.5 Å². The molecule has 2 heterocycles. The van der Waals surface area contributed by atoms with E-state index in [1.165, 1.54) is 0 Å². The topological polar surface area (TPSA) is 63.9 Å². The van der Waals surface area contributed by atoms with Gasteiger partial charge in [-0.05, 0) is 43.2 Å². The number of rotatable bonds is 7. The van der Waals surface area contributed by atoms with Gasteiger partial charge in [0.25, 0.3) is 5.91 Å². The zero-order valence-electron chi connectivity index (χ0n) is 15.4. The van der Waals surface area contributed by atoms with Crippen molar-refractivity contribution in [3.63, 3.8) is 0 Å². The van der Waals surface area contributed by atoms with E-state index in [1.807, 2.05) is 44.2 Å². The average Bonchev–Trinajstić information content (AvgIpc) is 3.18. The highest BCUT2D eigenvalue weighted by Gasteiger charge is 2.25. The molecule has 1 N–H and O–H groups in total. The van der Waals surface area contributed by atoms with Crippen LogP contribution >= 0.6 is 0 Å². The molecule has 0 aliphatic carbocycles. The van der Waals surface area contributed by atoms with Crippen molar-refractivity contribution in [1.82, 2.24) is 10.2 Å². The van der Waals surface area contributed by atoms with Crippen molar-refractivity contribution in [3.05, 3.63) is 53.5 Å². The maximum absolute atomic E-state index is 12.3. The number of benzene rings is 1. The fourth-order valence-electron chi connectivity index (χ4n) is 3.07. The predicted molar refractivity (Wildman–Crippen MR) is 98.3 cm³/mol. The molecule has 1 amide bonds. The number of aryl methyl sites for hydroxylation is 1. The highest BCUT2D eigenvalue weighted by atomic mass is 16.5. The van der Waals surface area contributed by atoms with Gasteiger partial charge in [-0.25, -0.2) is 0 Å². The SMILES string of the molecule is Cc1cccc(OCC(=O)NC[C@@H](c2ccco2)N2CCOCC2)c1C. The van der Waals surface area contributed by atoms with Gasteiger partial charge in [-0.3, -0.25) is 9.69 Å². The molecule has 6 nitrogen and oxygen atoms in total. The number of hydrogen-bond donors (Lipinski definition) is 1. The molecule has 1 saturated heterocycles. The van der Waals surface area contributed by atoms with Gasteiger partial charge >= 0.3 is 0 Å². The molecule has 140 valence electrons. The van der Waals surface area contributed by atoms with Crippen molar-refractivity contribution >= 4 is 5.91 Å². The first kappa shape index (κ1) is 18.5. The lowest BCUT2D eigenvalue weighted by Gasteiger charge is -2.33. The van der Waals surface area contributed by atoms with Crippen molar-refractivity contribution in [2.75, 3.05) is 39.5 Å². The van der Waals surface area contributed by atoms with Crippen LogP contribution in [0.1, 0.15) is 22.9 Å². The Morgan fingerprint density at radius 2 is 2.04 bits per heavy atom. The van der Waals surface area contributed by atoms with Crippen molar-refractivity contribution in [1.29, 1.82) is 0 Å². The standard InChI is InChI=1S/C20H26N2O4/c1-15-5-3-6-18(16(15)2)26-14-20(23)21-13-17(19-7-4-10-25-19)22-8-11-24-12-9-22/h3-7,10,17H,8-9,11-14H2,1-2H3,(H,21,23)/t17-/m0/s1. The third kappa shape index (κ3) is 4.65. The normalized spacial score (nSPS) is 16.2. The number of hydrogen-bond acceptors (Lipinski definition) is 5. The quantitative estimate of drug-likeness (QED) is 0.824. The molecule has 1 aliphatic heterocycles. The number of ether oxygens (including phenoxy) is 2. The van der Waals surface area contributed by atoms with E-state index < -0.39 is 0 Å². The molecule has 3 rings (SSSR count). The van der Waals surface area contributed by atoms with Crippen LogP contribution in [0.4, 0.5) is 0 Å². The first-order chi connectivity index (χ1) is 12.6. The van der Waals surface area contributed by atoms with Crippen LogP contribution in [0.2, 0.25) is 0 Å². The summed E-state index contributed by atoms with van der Waals surface area (Å²) in [4.78, 5) is 14.5. The number of morpholine rings is 1. The van der Waals surface area contributed by atoms with Gasteiger partial charge in [0.05, 0.1) is 25.5 Å². The first-order valence-electron chi connectivity index (χ1n) is 8.96. The molecular formula is C20H26N2O4. The third-order valence-electron chi connectivity index (χ3n) is 4.76. The average molecular weight is 358 g/mol. The summed E-state index contributed by atoms with van der Waals surface area (Å²) in [5.41, 5.74) is 2.20.